The maximum Gasteiger partial charge on any atom is 0.122 e. The zero-order chi connectivity index (χ0) is 11.4. The molecule has 2 aromatic rings. The van der Waals surface area contributed by atoms with Gasteiger partial charge in [0.2, 0.25) is 0 Å². The highest BCUT2D eigenvalue weighted by Gasteiger charge is 2.01. The smallest absolute Gasteiger partial charge is 0.122 e. The van der Waals surface area contributed by atoms with Crippen molar-refractivity contribution in [2.75, 3.05) is 6.61 Å². The van der Waals surface area contributed by atoms with Crippen molar-refractivity contribution in [3.8, 4) is 5.75 Å². The molecule has 2 rings (SSSR count). The predicted molar refractivity (Wildman–Crippen MR) is 69.4 cm³/mol. The molecule has 0 spiro atoms. The van der Waals surface area contributed by atoms with Crippen LogP contribution in [0.15, 0.2) is 35.7 Å². The van der Waals surface area contributed by atoms with E-state index in [9.17, 15) is 0 Å². The van der Waals surface area contributed by atoms with Gasteiger partial charge in [-0.05, 0) is 42.5 Å². The molecule has 1 aromatic heterocycles. The second-order valence-electron chi connectivity index (χ2n) is 3.88. The van der Waals surface area contributed by atoms with Gasteiger partial charge >= 0.3 is 0 Å². The molecule has 0 aliphatic rings. The van der Waals surface area contributed by atoms with Crippen LogP contribution in [0.25, 0.3) is 0 Å². The first-order valence-electron chi connectivity index (χ1n) is 5.49. The SMILES string of the molecule is Cc1cccc(OCCc2cccs2)c1C. The Bertz CT molecular complexity index is 446. The zero-order valence-corrected chi connectivity index (χ0v) is 10.5. The minimum absolute atomic E-state index is 0.755. The largest absolute Gasteiger partial charge is 0.493 e. The van der Waals surface area contributed by atoms with Crippen molar-refractivity contribution in [1.82, 2.24) is 0 Å². The number of hydrogen-bond acceptors (Lipinski definition) is 2. The van der Waals surface area contributed by atoms with Gasteiger partial charge in [-0.2, -0.15) is 0 Å². The number of aryl methyl sites for hydroxylation is 1. The van der Waals surface area contributed by atoms with E-state index in [1.54, 1.807) is 11.3 Å². The Kier molecular flexibility index (Phi) is 3.62. The molecule has 0 saturated heterocycles. The van der Waals surface area contributed by atoms with Gasteiger partial charge in [0, 0.05) is 11.3 Å². The third-order valence-corrected chi connectivity index (χ3v) is 3.68. The van der Waals surface area contributed by atoms with Crippen LogP contribution in [0.5, 0.6) is 5.75 Å². The maximum absolute atomic E-state index is 5.80. The summed E-state index contributed by atoms with van der Waals surface area (Å²) in [6, 6.07) is 10.4. The molecule has 0 bridgehead atoms. The molecule has 1 nitrogen and oxygen atoms in total. The Morgan fingerprint density at radius 2 is 2.00 bits per heavy atom. The first-order chi connectivity index (χ1) is 7.77. The minimum Gasteiger partial charge on any atom is -0.493 e. The Labute approximate surface area is 101 Å². The lowest BCUT2D eigenvalue weighted by Gasteiger charge is -2.10. The summed E-state index contributed by atoms with van der Waals surface area (Å²) in [5.74, 6) is 1.01. The van der Waals surface area contributed by atoms with Crippen molar-refractivity contribution in [3.63, 3.8) is 0 Å². The molecule has 0 amide bonds. The quantitative estimate of drug-likeness (QED) is 0.774. The summed E-state index contributed by atoms with van der Waals surface area (Å²) in [7, 11) is 0. The van der Waals surface area contributed by atoms with Gasteiger partial charge < -0.3 is 4.74 Å². The molecule has 2 heteroatoms. The second-order valence-corrected chi connectivity index (χ2v) is 4.91. The van der Waals surface area contributed by atoms with Crippen LogP contribution in [-0.2, 0) is 6.42 Å². The molecule has 0 unspecified atom stereocenters. The highest BCUT2D eigenvalue weighted by atomic mass is 32.1. The van der Waals surface area contributed by atoms with E-state index in [4.69, 9.17) is 4.74 Å². The standard InChI is InChI=1S/C14H16OS/c1-11-5-3-7-14(12(11)2)15-9-8-13-6-4-10-16-13/h3-7,10H,8-9H2,1-2H3. The van der Waals surface area contributed by atoms with Crippen LogP contribution in [0, 0.1) is 13.8 Å². The Morgan fingerprint density at radius 1 is 1.12 bits per heavy atom. The van der Waals surface area contributed by atoms with E-state index in [1.165, 1.54) is 16.0 Å². The average Bonchev–Trinajstić information content (AvgIpc) is 2.77. The molecular formula is C14H16OS. The van der Waals surface area contributed by atoms with E-state index in [0.29, 0.717) is 0 Å². The minimum atomic E-state index is 0.755. The van der Waals surface area contributed by atoms with Crippen molar-refractivity contribution < 1.29 is 4.74 Å². The number of thiophene rings is 1. The fourth-order valence-electron chi connectivity index (χ4n) is 1.60. The fraction of sp³-hybridized carbons (Fsp3) is 0.286. The first kappa shape index (κ1) is 11.2. The monoisotopic (exact) mass is 232 g/mol. The number of ether oxygens (including phenoxy) is 1. The third kappa shape index (κ3) is 2.64. The highest BCUT2D eigenvalue weighted by molar-refractivity contribution is 7.09. The molecule has 1 aromatic carbocycles. The molecule has 16 heavy (non-hydrogen) atoms. The van der Waals surface area contributed by atoms with Gasteiger partial charge in [0.15, 0.2) is 0 Å². The summed E-state index contributed by atoms with van der Waals surface area (Å²) in [6.45, 7) is 4.97. The van der Waals surface area contributed by atoms with E-state index in [1.807, 2.05) is 12.1 Å². The van der Waals surface area contributed by atoms with Crippen LogP contribution in [0.4, 0.5) is 0 Å². The molecule has 84 valence electrons. The van der Waals surface area contributed by atoms with Gasteiger partial charge in [0.1, 0.15) is 5.75 Å². The second kappa shape index (κ2) is 5.17. The normalized spacial score (nSPS) is 10.4. The fourth-order valence-corrected chi connectivity index (χ4v) is 2.29. The van der Waals surface area contributed by atoms with Crippen molar-refractivity contribution in [2.24, 2.45) is 0 Å². The summed E-state index contributed by atoms with van der Waals surface area (Å²) in [5.41, 5.74) is 2.53. The van der Waals surface area contributed by atoms with E-state index < -0.39 is 0 Å². The molecular weight excluding hydrogens is 216 g/mol. The van der Waals surface area contributed by atoms with Crippen LogP contribution in [0.3, 0.4) is 0 Å². The molecule has 0 fully saturated rings. The molecule has 0 atom stereocenters. The van der Waals surface area contributed by atoms with Crippen LogP contribution < -0.4 is 4.74 Å². The molecule has 0 radical (unpaired) electrons. The van der Waals surface area contributed by atoms with E-state index in [-0.39, 0.29) is 0 Å². The lowest BCUT2D eigenvalue weighted by atomic mass is 10.1. The Hall–Kier alpha value is -1.28. The van der Waals surface area contributed by atoms with Crippen LogP contribution in [-0.4, -0.2) is 6.61 Å². The Balaban J connectivity index is 1.92. The number of hydrogen-bond donors (Lipinski definition) is 0. The molecule has 0 aliphatic heterocycles. The van der Waals surface area contributed by atoms with Gasteiger partial charge in [-0.25, -0.2) is 0 Å². The van der Waals surface area contributed by atoms with Crippen molar-refractivity contribution in [2.45, 2.75) is 20.3 Å². The number of benzene rings is 1. The third-order valence-electron chi connectivity index (χ3n) is 2.74. The maximum atomic E-state index is 5.80. The molecule has 1 heterocycles. The van der Waals surface area contributed by atoms with Crippen molar-refractivity contribution >= 4 is 11.3 Å². The average molecular weight is 232 g/mol. The summed E-state index contributed by atoms with van der Waals surface area (Å²) >= 11 is 1.79. The summed E-state index contributed by atoms with van der Waals surface area (Å²) in [5, 5.41) is 2.10. The van der Waals surface area contributed by atoms with Crippen LogP contribution in [0.1, 0.15) is 16.0 Å². The number of rotatable bonds is 4. The van der Waals surface area contributed by atoms with E-state index in [0.717, 1.165) is 18.8 Å². The van der Waals surface area contributed by atoms with Crippen LogP contribution in [0.2, 0.25) is 0 Å². The van der Waals surface area contributed by atoms with Gasteiger partial charge in [-0.15, -0.1) is 11.3 Å². The lowest BCUT2D eigenvalue weighted by molar-refractivity contribution is 0.320. The highest BCUT2D eigenvalue weighted by Crippen LogP contribution is 2.21. The van der Waals surface area contributed by atoms with Gasteiger partial charge in [0.25, 0.3) is 0 Å². The predicted octanol–water partition coefficient (Wildman–Crippen LogP) is 3.99. The lowest BCUT2D eigenvalue weighted by Crippen LogP contribution is -2.01. The molecule has 0 aliphatic carbocycles. The Morgan fingerprint density at radius 3 is 2.75 bits per heavy atom. The first-order valence-corrected chi connectivity index (χ1v) is 6.37. The van der Waals surface area contributed by atoms with Gasteiger partial charge in [0.05, 0.1) is 6.61 Å². The van der Waals surface area contributed by atoms with Gasteiger partial charge in [-0.1, -0.05) is 18.2 Å². The summed E-state index contributed by atoms with van der Waals surface area (Å²) in [6.07, 6.45) is 0.991. The topological polar surface area (TPSA) is 9.23 Å². The summed E-state index contributed by atoms with van der Waals surface area (Å²) in [4.78, 5) is 1.38. The van der Waals surface area contributed by atoms with Crippen molar-refractivity contribution in [3.05, 3.63) is 51.7 Å². The van der Waals surface area contributed by atoms with Crippen LogP contribution >= 0.6 is 11.3 Å². The van der Waals surface area contributed by atoms with Crippen molar-refractivity contribution in [1.29, 1.82) is 0 Å². The van der Waals surface area contributed by atoms with E-state index >= 15 is 0 Å². The molecule has 0 saturated carbocycles. The molecule has 0 N–H and O–H groups in total. The van der Waals surface area contributed by atoms with Gasteiger partial charge in [-0.3, -0.25) is 0 Å². The zero-order valence-electron chi connectivity index (χ0n) is 9.69. The summed E-state index contributed by atoms with van der Waals surface area (Å²) < 4.78 is 5.80. The van der Waals surface area contributed by atoms with E-state index in [2.05, 4.69) is 37.4 Å².